The molecule has 0 bridgehead atoms. The molecule has 5 heteroatoms. The molecule has 3 nitrogen and oxygen atoms in total. The molecule has 1 heterocycles. The van der Waals surface area contributed by atoms with Crippen LogP contribution in [0.3, 0.4) is 0 Å². The largest absolute Gasteiger partial charge is 0.324 e. The standard InChI is InChI=1S/C14H17BrFN3/c1-3-12-14(15)13(19(2)18-12)8-11(17)9-5-4-6-10(16)7-9/h4-7,11H,3,8,17H2,1-2H3. The maximum absolute atomic E-state index is 13.2. The zero-order chi connectivity index (χ0) is 14.0. The van der Waals surface area contributed by atoms with Gasteiger partial charge in [-0.2, -0.15) is 5.10 Å². The molecule has 0 radical (unpaired) electrons. The first-order valence-electron chi connectivity index (χ1n) is 6.24. The molecule has 0 fully saturated rings. The number of aromatic nitrogens is 2. The fraction of sp³-hybridized carbons (Fsp3) is 0.357. The Morgan fingerprint density at radius 3 is 2.79 bits per heavy atom. The highest BCUT2D eigenvalue weighted by molar-refractivity contribution is 9.10. The Morgan fingerprint density at radius 2 is 2.21 bits per heavy atom. The predicted molar refractivity (Wildman–Crippen MR) is 77.3 cm³/mol. The molecule has 2 aromatic rings. The highest BCUT2D eigenvalue weighted by Crippen LogP contribution is 2.26. The van der Waals surface area contributed by atoms with Gasteiger partial charge < -0.3 is 5.73 Å². The van der Waals surface area contributed by atoms with Crippen molar-refractivity contribution in [3.63, 3.8) is 0 Å². The molecule has 2 N–H and O–H groups in total. The van der Waals surface area contributed by atoms with Crippen LogP contribution in [0.2, 0.25) is 0 Å². The monoisotopic (exact) mass is 325 g/mol. The molecule has 1 unspecified atom stereocenters. The van der Waals surface area contributed by atoms with E-state index in [9.17, 15) is 4.39 Å². The number of aryl methyl sites for hydroxylation is 2. The number of halogens is 2. The lowest BCUT2D eigenvalue weighted by Crippen LogP contribution is -2.15. The van der Waals surface area contributed by atoms with E-state index in [0.717, 1.165) is 27.8 Å². The number of hydrogen-bond donors (Lipinski definition) is 1. The minimum absolute atomic E-state index is 0.243. The number of rotatable bonds is 4. The second-order valence-electron chi connectivity index (χ2n) is 4.55. The van der Waals surface area contributed by atoms with Crippen LogP contribution in [0.5, 0.6) is 0 Å². The third kappa shape index (κ3) is 3.04. The van der Waals surface area contributed by atoms with Crippen LogP contribution in [0.15, 0.2) is 28.7 Å². The Bertz CT molecular complexity index is 580. The van der Waals surface area contributed by atoms with Gasteiger partial charge in [0.05, 0.1) is 15.9 Å². The average Bonchev–Trinajstić information content (AvgIpc) is 2.66. The normalized spacial score (nSPS) is 12.7. The first-order valence-corrected chi connectivity index (χ1v) is 7.03. The highest BCUT2D eigenvalue weighted by Gasteiger charge is 2.16. The van der Waals surface area contributed by atoms with Gasteiger partial charge >= 0.3 is 0 Å². The summed E-state index contributed by atoms with van der Waals surface area (Å²) in [6, 6.07) is 6.19. The van der Waals surface area contributed by atoms with Crippen LogP contribution in [0.1, 0.15) is 29.9 Å². The van der Waals surface area contributed by atoms with E-state index in [1.54, 1.807) is 6.07 Å². The first kappa shape index (κ1) is 14.2. The Kier molecular flexibility index (Phi) is 4.37. The van der Waals surface area contributed by atoms with Crippen LogP contribution in [0.25, 0.3) is 0 Å². The Balaban J connectivity index is 2.24. The molecular formula is C14H17BrFN3. The van der Waals surface area contributed by atoms with E-state index >= 15 is 0 Å². The second-order valence-corrected chi connectivity index (χ2v) is 5.34. The van der Waals surface area contributed by atoms with Crippen molar-refractivity contribution in [2.24, 2.45) is 12.8 Å². The lowest BCUT2D eigenvalue weighted by Gasteiger charge is -2.12. The maximum Gasteiger partial charge on any atom is 0.123 e. The quantitative estimate of drug-likeness (QED) is 0.938. The number of benzene rings is 1. The summed E-state index contributed by atoms with van der Waals surface area (Å²) in [7, 11) is 1.90. The van der Waals surface area contributed by atoms with Crippen molar-refractivity contribution < 1.29 is 4.39 Å². The van der Waals surface area contributed by atoms with E-state index < -0.39 is 0 Å². The maximum atomic E-state index is 13.2. The fourth-order valence-electron chi connectivity index (χ4n) is 2.10. The molecule has 0 saturated heterocycles. The van der Waals surface area contributed by atoms with Crippen molar-refractivity contribution in [3.8, 4) is 0 Å². The van der Waals surface area contributed by atoms with E-state index in [1.807, 2.05) is 17.8 Å². The van der Waals surface area contributed by atoms with Crippen molar-refractivity contribution in [2.75, 3.05) is 0 Å². The van der Waals surface area contributed by atoms with Crippen molar-refractivity contribution in [1.82, 2.24) is 9.78 Å². The molecule has 0 amide bonds. The zero-order valence-electron chi connectivity index (χ0n) is 11.0. The molecule has 1 aromatic carbocycles. The number of hydrogen-bond acceptors (Lipinski definition) is 2. The van der Waals surface area contributed by atoms with Crippen LogP contribution in [0, 0.1) is 5.82 Å². The fourth-order valence-corrected chi connectivity index (χ4v) is 2.88. The molecule has 0 saturated carbocycles. The number of nitrogens with two attached hydrogens (primary N) is 1. The van der Waals surface area contributed by atoms with Gasteiger partial charge in [-0.05, 0) is 40.0 Å². The molecule has 0 spiro atoms. The smallest absolute Gasteiger partial charge is 0.123 e. The summed E-state index contributed by atoms with van der Waals surface area (Å²) in [4.78, 5) is 0. The molecular weight excluding hydrogens is 309 g/mol. The summed E-state index contributed by atoms with van der Waals surface area (Å²) in [5, 5.41) is 4.43. The lowest BCUT2D eigenvalue weighted by atomic mass is 10.0. The summed E-state index contributed by atoms with van der Waals surface area (Å²) < 4.78 is 16.0. The van der Waals surface area contributed by atoms with Gasteiger partial charge in [-0.3, -0.25) is 4.68 Å². The Morgan fingerprint density at radius 1 is 1.47 bits per heavy atom. The average molecular weight is 326 g/mol. The molecule has 19 heavy (non-hydrogen) atoms. The van der Waals surface area contributed by atoms with Gasteiger partial charge in [0.25, 0.3) is 0 Å². The number of nitrogens with zero attached hydrogens (tertiary/aromatic N) is 2. The third-order valence-corrected chi connectivity index (χ3v) is 4.11. The van der Waals surface area contributed by atoms with Crippen LogP contribution in [0.4, 0.5) is 4.39 Å². The van der Waals surface area contributed by atoms with E-state index in [4.69, 9.17) is 5.73 Å². The molecule has 1 atom stereocenters. The third-order valence-electron chi connectivity index (χ3n) is 3.19. The van der Waals surface area contributed by atoms with Gasteiger partial charge in [0.1, 0.15) is 5.82 Å². The summed E-state index contributed by atoms with van der Waals surface area (Å²) in [6.07, 6.45) is 1.48. The summed E-state index contributed by atoms with van der Waals surface area (Å²) in [6.45, 7) is 2.06. The molecule has 102 valence electrons. The second kappa shape index (κ2) is 5.84. The van der Waals surface area contributed by atoms with Crippen molar-refractivity contribution >= 4 is 15.9 Å². The minimum atomic E-state index is -0.258. The van der Waals surface area contributed by atoms with Crippen molar-refractivity contribution in [3.05, 3.63) is 51.5 Å². The predicted octanol–water partition coefficient (Wildman–Crippen LogP) is 3.13. The van der Waals surface area contributed by atoms with Crippen molar-refractivity contribution in [1.29, 1.82) is 0 Å². The van der Waals surface area contributed by atoms with Crippen LogP contribution in [-0.2, 0) is 19.9 Å². The topological polar surface area (TPSA) is 43.8 Å². The van der Waals surface area contributed by atoms with Gasteiger partial charge in [-0.25, -0.2) is 4.39 Å². The van der Waals surface area contributed by atoms with Gasteiger partial charge in [0.15, 0.2) is 0 Å². The molecule has 0 aliphatic heterocycles. The molecule has 0 aliphatic carbocycles. The summed E-state index contributed by atoms with van der Waals surface area (Å²) >= 11 is 3.56. The molecule has 2 rings (SSSR count). The van der Waals surface area contributed by atoms with Gasteiger partial charge in [-0.1, -0.05) is 19.1 Å². The SMILES string of the molecule is CCc1nn(C)c(CC(N)c2cccc(F)c2)c1Br. The lowest BCUT2D eigenvalue weighted by molar-refractivity contribution is 0.609. The van der Waals surface area contributed by atoms with E-state index in [-0.39, 0.29) is 11.9 Å². The van der Waals surface area contributed by atoms with Gasteiger partial charge in [-0.15, -0.1) is 0 Å². The van der Waals surface area contributed by atoms with Gasteiger partial charge in [0, 0.05) is 19.5 Å². The van der Waals surface area contributed by atoms with E-state index in [2.05, 4.69) is 28.0 Å². The molecule has 0 aliphatic rings. The van der Waals surface area contributed by atoms with Crippen LogP contribution < -0.4 is 5.73 Å². The Labute approximate surface area is 120 Å². The van der Waals surface area contributed by atoms with Crippen LogP contribution >= 0.6 is 15.9 Å². The summed E-state index contributed by atoms with van der Waals surface area (Å²) in [5.41, 5.74) is 9.01. The van der Waals surface area contributed by atoms with E-state index in [1.165, 1.54) is 12.1 Å². The minimum Gasteiger partial charge on any atom is -0.324 e. The Hall–Kier alpha value is -1.20. The zero-order valence-corrected chi connectivity index (χ0v) is 12.6. The van der Waals surface area contributed by atoms with Crippen LogP contribution in [-0.4, -0.2) is 9.78 Å². The molecule has 1 aromatic heterocycles. The van der Waals surface area contributed by atoms with Gasteiger partial charge in [0.2, 0.25) is 0 Å². The first-order chi connectivity index (χ1) is 9.02. The summed E-state index contributed by atoms with van der Waals surface area (Å²) in [5.74, 6) is -0.258. The highest BCUT2D eigenvalue weighted by atomic mass is 79.9. The van der Waals surface area contributed by atoms with E-state index in [0.29, 0.717) is 6.42 Å². The van der Waals surface area contributed by atoms with Crippen molar-refractivity contribution in [2.45, 2.75) is 25.8 Å².